The fourth-order valence-corrected chi connectivity index (χ4v) is 2.92. The minimum atomic E-state index is 0.0136. The first-order chi connectivity index (χ1) is 11.2. The van der Waals surface area contributed by atoms with Crippen molar-refractivity contribution in [3.8, 4) is 11.4 Å². The van der Waals surface area contributed by atoms with Crippen LogP contribution < -0.4 is 0 Å². The van der Waals surface area contributed by atoms with Gasteiger partial charge in [-0.15, -0.1) is 11.3 Å². The molecule has 0 spiro atoms. The van der Waals surface area contributed by atoms with Crippen LogP contribution in [0.4, 0.5) is 0 Å². The van der Waals surface area contributed by atoms with Crippen LogP contribution in [0.1, 0.15) is 36.5 Å². The highest BCUT2D eigenvalue weighted by atomic mass is 32.1. The zero-order valence-electron chi connectivity index (χ0n) is 13.4. The first-order valence-corrected chi connectivity index (χ1v) is 8.43. The lowest BCUT2D eigenvalue weighted by Crippen LogP contribution is -2.22. The Morgan fingerprint density at radius 3 is 2.91 bits per heavy atom. The minimum absolute atomic E-state index is 0.0136. The lowest BCUT2D eigenvalue weighted by atomic mass is 10.2. The third-order valence-electron chi connectivity index (χ3n) is 3.69. The van der Waals surface area contributed by atoms with E-state index < -0.39 is 0 Å². The van der Waals surface area contributed by atoms with Gasteiger partial charge in [0.25, 0.3) is 0 Å². The van der Waals surface area contributed by atoms with Crippen molar-refractivity contribution in [2.45, 2.75) is 32.9 Å². The van der Waals surface area contributed by atoms with E-state index in [4.69, 9.17) is 4.52 Å². The fraction of sp³-hybridized carbons (Fsp3) is 0.375. The Hall–Kier alpha value is -2.12. The van der Waals surface area contributed by atoms with Gasteiger partial charge in [0.15, 0.2) is 0 Å². The lowest BCUT2D eigenvalue weighted by molar-refractivity contribution is 0.201. The molecule has 120 valence electrons. The second-order valence-electron chi connectivity index (χ2n) is 5.38. The lowest BCUT2D eigenvalue weighted by Gasteiger charge is -2.20. The number of aromatic nitrogens is 4. The van der Waals surface area contributed by atoms with Crippen molar-refractivity contribution in [3.05, 3.63) is 46.5 Å². The third kappa shape index (κ3) is 3.62. The van der Waals surface area contributed by atoms with Gasteiger partial charge in [0.05, 0.1) is 16.7 Å². The molecule has 0 saturated heterocycles. The second-order valence-corrected chi connectivity index (χ2v) is 6.32. The normalized spacial score (nSPS) is 12.7. The van der Waals surface area contributed by atoms with E-state index in [1.807, 2.05) is 26.1 Å². The number of aryl methyl sites for hydroxylation is 1. The molecule has 3 aromatic heterocycles. The Morgan fingerprint density at radius 1 is 1.35 bits per heavy atom. The van der Waals surface area contributed by atoms with Crippen LogP contribution in [0.15, 0.2) is 34.4 Å². The zero-order valence-corrected chi connectivity index (χ0v) is 14.2. The Bertz CT molecular complexity index is 755. The molecule has 0 fully saturated rings. The van der Waals surface area contributed by atoms with Crippen molar-refractivity contribution in [2.75, 3.05) is 7.05 Å². The summed E-state index contributed by atoms with van der Waals surface area (Å²) < 4.78 is 5.42. The fourth-order valence-electron chi connectivity index (χ4n) is 2.18. The highest BCUT2D eigenvalue weighted by molar-refractivity contribution is 7.09. The monoisotopic (exact) mass is 329 g/mol. The average Bonchev–Trinajstić information content (AvgIpc) is 3.24. The van der Waals surface area contributed by atoms with Crippen LogP contribution in [0.3, 0.4) is 0 Å². The topological polar surface area (TPSA) is 67.9 Å². The molecule has 0 amide bonds. The number of hydrogen-bond donors (Lipinski definition) is 0. The van der Waals surface area contributed by atoms with E-state index in [1.165, 1.54) is 0 Å². The van der Waals surface area contributed by atoms with Crippen molar-refractivity contribution >= 4 is 11.3 Å². The number of nitrogens with zero attached hydrogens (tertiary/aromatic N) is 5. The average molecular weight is 329 g/mol. The summed E-state index contributed by atoms with van der Waals surface area (Å²) >= 11 is 1.70. The maximum absolute atomic E-state index is 5.42. The SMILES string of the molecule is CCc1nc(CN(C)[C@H](C)c2nc(-c3cccnc3)no2)cs1. The maximum atomic E-state index is 5.42. The summed E-state index contributed by atoms with van der Waals surface area (Å²) in [5.41, 5.74) is 1.93. The van der Waals surface area contributed by atoms with Gasteiger partial charge in [-0.1, -0.05) is 12.1 Å². The van der Waals surface area contributed by atoms with Crippen LogP contribution in [0.5, 0.6) is 0 Å². The number of pyridine rings is 1. The summed E-state index contributed by atoms with van der Waals surface area (Å²) in [4.78, 5) is 15.3. The standard InChI is InChI=1S/C16H19N5OS/c1-4-14-18-13(10-23-14)9-21(3)11(2)16-19-15(20-22-16)12-6-5-7-17-8-12/h5-8,10-11H,4,9H2,1-3H3/t11-/m1/s1. The van der Waals surface area contributed by atoms with Gasteiger partial charge in [-0.25, -0.2) is 4.98 Å². The van der Waals surface area contributed by atoms with E-state index in [9.17, 15) is 0 Å². The van der Waals surface area contributed by atoms with Crippen LogP contribution in [0.25, 0.3) is 11.4 Å². The molecule has 1 atom stereocenters. The summed E-state index contributed by atoms with van der Waals surface area (Å²) in [6.07, 6.45) is 4.42. The Kier molecular flexibility index (Phi) is 4.78. The van der Waals surface area contributed by atoms with E-state index in [2.05, 4.69) is 37.3 Å². The van der Waals surface area contributed by atoms with Gasteiger partial charge in [0, 0.05) is 29.9 Å². The van der Waals surface area contributed by atoms with Gasteiger partial charge in [0.2, 0.25) is 11.7 Å². The van der Waals surface area contributed by atoms with Gasteiger partial charge >= 0.3 is 0 Å². The minimum Gasteiger partial charge on any atom is -0.337 e. The highest BCUT2D eigenvalue weighted by Gasteiger charge is 2.20. The van der Waals surface area contributed by atoms with Crippen LogP contribution >= 0.6 is 11.3 Å². The largest absolute Gasteiger partial charge is 0.337 e. The van der Waals surface area contributed by atoms with E-state index in [0.717, 1.165) is 29.2 Å². The molecule has 3 rings (SSSR count). The molecule has 0 N–H and O–H groups in total. The van der Waals surface area contributed by atoms with Crippen LogP contribution in [-0.4, -0.2) is 32.1 Å². The van der Waals surface area contributed by atoms with Crippen molar-refractivity contribution < 1.29 is 4.52 Å². The molecule has 6 nitrogen and oxygen atoms in total. The van der Waals surface area contributed by atoms with Crippen molar-refractivity contribution in [1.82, 2.24) is 25.0 Å². The molecule has 0 saturated carbocycles. The molecule has 0 aliphatic carbocycles. The van der Waals surface area contributed by atoms with E-state index in [1.54, 1.807) is 23.7 Å². The van der Waals surface area contributed by atoms with Crippen LogP contribution in [0, 0.1) is 0 Å². The first kappa shape index (κ1) is 15.8. The van der Waals surface area contributed by atoms with Gasteiger partial charge in [0.1, 0.15) is 0 Å². The molecular formula is C16H19N5OS. The summed E-state index contributed by atoms with van der Waals surface area (Å²) in [5, 5.41) is 7.32. The van der Waals surface area contributed by atoms with Crippen LogP contribution in [-0.2, 0) is 13.0 Å². The molecule has 23 heavy (non-hydrogen) atoms. The van der Waals surface area contributed by atoms with Crippen molar-refractivity contribution in [1.29, 1.82) is 0 Å². The van der Waals surface area contributed by atoms with Crippen LogP contribution in [0.2, 0.25) is 0 Å². The number of hydrogen-bond acceptors (Lipinski definition) is 7. The molecule has 0 aliphatic rings. The van der Waals surface area contributed by atoms with Gasteiger partial charge in [-0.3, -0.25) is 9.88 Å². The molecule has 0 bridgehead atoms. The quantitative estimate of drug-likeness (QED) is 0.691. The van der Waals surface area contributed by atoms with E-state index >= 15 is 0 Å². The van der Waals surface area contributed by atoms with Crippen molar-refractivity contribution in [3.63, 3.8) is 0 Å². The number of rotatable bonds is 6. The smallest absolute Gasteiger partial charge is 0.244 e. The molecule has 0 radical (unpaired) electrons. The summed E-state index contributed by atoms with van der Waals surface area (Å²) in [6.45, 7) is 4.92. The van der Waals surface area contributed by atoms with Gasteiger partial charge < -0.3 is 4.52 Å². The van der Waals surface area contributed by atoms with E-state index in [-0.39, 0.29) is 6.04 Å². The second kappa shape index (κ2) is 6.97. The Labute approximate surface area is 139 Å². The molecule has 3 heterocycles. The molecular weight excluding hydrogens is 310 g/mol. The van der Waals surface area contributed by atoms with Crippen molar-refractivity contribution in [2.24, 2.45) is 0 Å². The third-order valence-corrected chi connectivity index (χ3v) is 4.74. The molecule has 3 aromatic rings. The summed E-state index contributed by atoms with van der Waals surface area (Å²) in [6, 6.07) is 3.78. The van der Waals surface area contributed by atoms with Gasteiger partial charge in [-0.2, -0.15) is 4.98 Å². The highest BCUT2D eigenvalue weighted by Crippen LogP contribution is 2.22. The summed E-state index contributed by atoms with van der Waals surface area (Å²) in [5.74, 6) is 1.16. The maximum Gasteiger partial charge on any atom is 0.244 e. The predicted octanol–water partition coefficient (Wildman–Crippen LogP) is 3.34. The van der Waals surface area contributed by atoms with Gasteiger partial charge in [-0.05, 0) is 32.5 Å². The number of thiazole rings is 1. The molecule has 0 unspecified atom stereocenters. The zero-order chi connectivity index (χ0) is 16.2. The summed E-state index contributed by atoms with van der Waals surface area (Å²) in [7, 11) is 2.03. The first-order valence-electron chi connectivity index (χ1n) is 7.55. The molecule has 0 aromatic carbocycles. The predicted molar refractivity (Wildman–Crippen MR) is 88.9 cm³/mol. The Balaban J connectivity index is 1.70. The molecule has 0 aliphatic heterocycles. The van der Waals surface area contributed by atoms with E-state index in [0.29, 0.717) is 11.7 Å². The molecule has 7 heteroatoms. The Morgan fingerprint density at radius 2 is 2.22 bits per heavy atom.